The van der Waals surface area contributed by atoms with E-state index in [2.05, 4.69) is 0 Å². The summed E-state index contributed by atoms with van der Waals surface area (Å²) in [6.07, 6.45) is 1.78. The standard InChI is InChI=1S/C14H16ClNO3/c15-10-6-9-8-19-5-3-11(9)12(7-10)13-2-1-4-16(13)14(17)18/h6-7,13H,1-5,8H2,(H,17,18). The van der Waals surface area contributed by atoms with Crippen LogP contribution in [0, 0.1) is 0 Å². The lowest BCUT2D eigenvalue weighted by Crippen LogP contribution is -2.30. The maximum Gasteiger partial charge on any atom is 0.407 e. The molecule has 1 fully saturated rings. The summed E-state index contributed by atoms with van der Waals surface area (Å²) in [4.78, 5) is 12.8. The van der Waals surface area contributed by atoms with Crippen LogP contribution in [0.1, 0.15) is 35.6 Å². The first kappa shape index (κ1) is 12.8. The van der Waals surface area contributed by atoms with Crippen molar-refractivity contribution < 1.29 is 14.6 Å². The monoisotopic (exact) mass is 281 g/mol. The third-order valence-corrected chi connectivity index (χ3v) is 4.17. The number of hydrogen-bond donors (Lipinski definition) is 1. The SMILES string of the molecule is O=C(O)N1CCCC1c1cc(Cl)cc2c1CCOC2. The molecule has 0 spiro atoms. The first-order valence-electron chi connectivity index (χ1n) is 6.55. The molecule has 1 amide bonds. The molecule has 0 radical (unpaired) electrons. The van der Waals surface area contributed by atoms with Gasteiger partial charge in [0.25, 0.3) is 0 Å². The van der Waals surface area contributed by atoms with Gasteiger partial charge in [-0.1, -0.05) is 11.6 Å². The van der Waals surface area contributed by atoms with Gasteiger partial charge in [0.05, 0.1) is 19.3 Å². The fraction of sp³-hybridized carbons (Fsp3) is 0.500. The predicted molar refractivity (Wildman–Crippen MR) is 71.5 cm³/mol. The number of carbonyl (C=O) groups is 1. The zero-order valence-corrected chi connectivity index (χ0v) is 11.3. The van der Waals surface area contributed by atoms with Gasteiger partial charge >= 0.3 is 6.09 Å². The van der Waals surface area contributed by atoms with E-state index < -0.39 is 6.09 Å². The quantitative estimate of drug-likeness (QED) is 0.860. The van der Waals surface area contributed by atoms with Gasteiger partial charge in [0, 0.05) is 11.6 Å². The summed E-state index contributed by atoms with van der Waals surface area (Å²) >= 11 is 6.17. The van der Waals surface area contributed by atoms with Gasteiger partial charge < -0.3 is 14.7 Å². The molecular weight excluding hydrogens is 266 g/mol. The molecular formula is C14H16ClNO3. The molecule has 1 saturated heterocycles. The average Bonchev–Trinajstić information content (AvgIpc) is 2.86. The number of likely N-dealkylation sites (tertiary alicyclic amines) is 1. The van der Waals surface area contributed by atoms with Crippen molar-refractivity contribution >= 4 is 17.7 Å². The molecule has 0 bridgehead atoms. The van der Waals surface area contributed by atoms with Crippen molar-refractivity contribution in [3.8, 4) is 0 Å². The first-order valence-corrected chi connectivity index (χ1v) is 6.93. The Labute approximate surface area is 116 Å². The number of amides is 1. The van der Waals surface area contributed by atoms with Crippen LogP contribution in [0.25, 0.3) is 0 Å². The van der Waals surface area contributed by atoms with Gasteiger partial charge in [-0.3, -0.25) is 0 Å². The lowest BCUT2D eigenvalue weighted by Gasteiger charge is -2.27. The van der Waals surface area contributed by atoms with Crippen molar-refractivity contribution in [2.75, 3.05) is 13.2 Å². The molecule has 0 aliphatic carbocycles. The summed E-state index contributed by atoms with van der Waals surface area (Å²) in [7, 11) is 0. The van der Waals surface area contributed by atoms with E-state index in [1.54, 1.807) is 0 Å². The minimum atomic E-state index is -0.844. The minimum absolute atomic E-state index is 0.0527. The summed E-state index contributed by atoms with van der Waals surface area (Å²) in [5.74, 6) is 0. The van der Waals surface area contributed by atoms with E-state index in [4.69, 9.17) is 16.3 Å². The van der Waals surface area contributed by atoms with Crippen molar-refractivity contribution in [3.05, 3.63) is 33.8 Å². The molecule has 1 atom stereocenters. The van der Waals surface area contributed by atoms with Crippen LogP contribution in [0.15, 0.2) is 12.1 Å². The topological polar surface area (TPSA) is 49.8 Å². The molecule has 1 aromatic rings. The second-order valence-electron chi connectivity index (χ2n) is 5.07. The second kappa shape index (κ2) is 5.02. The Morgan fingerprint density at radius 2 is 2.32 bits per heavy atom. The zero-order chi connectivity index (χ0) is 13.4. The lowest BCUT2D eigenvalue weighted by atomic mass is 9.91. The highest BCUT2D eigenvalue weighted by atomic mass is 35.5. The van der Waals surface area contributed by atoms with Crippen molar-refractivity contribution in [3.63, 3.8) is 0 Å². The average molecular weight is 282 g/mol. The number of rotatable bonds is 1. The van der Waals surface area contributed by atoms with Gasteiger partial charge in [-0.05, 0) is 48.1 Å². The van der Waals surface area contributed by atoms with Crippen LogP contribution < -0.4 is 0 Å². The number of hydrogen-bond acceptors (Lipinski definition) is 2. The fourth-order valence-electron chi connectivity index (χ4n) is 3.12. The molecule has 1 unspecified atom stereocenters. The van der Waals surface area contributed by atoms with Gasteiger partial charge in [-0.2, -0.15) is 0 Å². The number of carboxylic acid groups (broad SMARTS) is 1. The number of halogens is 1. The summed E-state index contributed by atoms with van der Waals surface area (Å²) in [5.41, 5.74) is 3.41. The van der Waals surface area contributed by atoms with Gasteiger partial charge in [0.2, 0.25) is 0 Å². The Kier molecular flexibility index (Phi) is 3.37. The highest BCUT2D eigenvalue weighted by Gasteiger charge is 2.32. The Morgan fingerprint density at radius 3 is 3.11 bits per heavy atom. The van der Waals surface area contributed by atoms with Gasteiger partial charge in [0.15, 0.2) is 0 Å². The summed E-state index contributed by atoms with van der Waals surface area (Å²) in [6, 6.07) is 3.81. The molecule has 1 N–H and O–H groups in total. The van der Waals surface area contributed by atoms with E-state index in [0.717, 1.165) is 30.4 Å². The van der Waals surface area contributed by atoms with Crippen molar-refractivity contribution in [1.29, 1.82) is 0 Å². The van der Waals surface area contributed by atoms with Gasteiger partial charge in [-0.25, -0.2) is 4.79 Å². The van der Waals surface area contributed by atoms with Crippen LogP contribution in [-0.4, -0.2) is 29.3 Å². The Morgan fingerprint density at radius 1 is 1.47 bits per heavy atom. The maximum atomic E-state index is 11.3. The van der Waals surface area contributed by atoms with Crippen LogP contribution in [0.3, 0.4) is 0 Å². The normalized spacial score (nSPS) is 22.4. The van der Waals surface area contributed by atoms with E-state index in [-0.39, 0.29) is 6.04 Å². The zero-order valence-electron chi connectivity index (χ0n) is 10.6. The van der Waals surface area contributed by atoms with E-state index in [0.29, 0.717) is 24.8 Å². The Hall–Kier alpha value is -1.26. The molecule has 2 aliphatic rings. The lowest BCUT2D eigenvalue weighted by molar-refractivity contribution is 0.109. The van der Waals surface area contributed by atoms with E-state index >= 15 is 0 Å². The molecule has 1 aromatic carbocycles. The van der Waals surface area contributed by atoms with E-state index in [1.807, 2.05) is 12.1 Å². The second-order valence-corrected chi connectivity index (χ2v) is 5.51. The minimum Gasteiger partial charge on any atom is -0.465 e. The first-order chi connectivity index (χ1) is 9.16. The molecule has 0 aromatic heterocycles. The van der Waals surface area contributed by atoms with E-state index in [9.17, 15) is 9.90 Å². The molecule has 4 nitrogen and oxygen atoms in total. The Balaban J connectivity index is 2.04. The van der Waals surface area contributed by atoms with Crippen LogP contribution in [-0.2, 0) is 17.8 Å². The molecule has 19 heavy (non-hydrogen) atoms. The largest absolute Gasteiger partial charge is 0.465 e. The van der Waals surface area contributed by atoms with Crippen LogP contribution in [0.5, 0.6) is 0 Å². The Bertz CT molecular complexity index is 518. The third kappa shape index (κ3) is 2.30. The molecule has 2 heterocycles. The summed E-state index contributed by atoms with van der Waals surface area (Å²) < 4.78 is 5.45. The molecule has 2 aliphatic heterocycles. The number of ether oxygens (including phenoxy) is 1. The highest BCUT2D eigenvalue weighted by Crippen LogP contribution is 2.37. The van der Waals surface area contributed by atoms with Crippen molar-refractivity contribution in [2.45, 2.75) is 31.9 Å². The highest BCUT2D eigenvalue weighted by molar-refractivity contribution is 6.30. The summed E-state index contributed by atoms with van der Waals surface area (Å²) in [5, 5.41) is 9.95. The molecule has 0 saturated carbocycles. The third-order valence-electron chi connectivity index (χ3n) is 3.95. The fourth-order valence-corrected chi connectivity index (χ4v) is 3.37. The van der Waals surface area contributed by atoms with Crippen LogP contribution in [0.2, 0.25) is 5.02 Å². The molecule has 102 valence electrons. The van der Waals surface area contributed by atoms with Crippen LogP contribution >= 0.6 is 11.6 Å². The van der Waals surface area contributed by atoms with Crippen molar-refractivity contribution in [1.82, 2.24) is 4.90 Å². The summed E-state index contributed by atoms with van der Waals surface area (Å²) in [6.45, 7) is 1.88. The van der Waals surface area contributed by atoms with Gasteiger partial charge in [0.1, 0.15) is 0 Å². The number of benzene rings is 1. The van der Waals surface area contributed by atoms with Gasteiger partial charge in [-0.15, -0.1) is 0 Å². The van der Waals surface area contributed by atoms with Crippen LogP contribution in [0.4, 0.5) is 4.79 Å². The number of nitrogens with zero attached hydrogens (tertiary/aromatic N) is 1. The van der Waals surface area contributed by atoms with E-state index in [1.165, 1.54) is 10.5 Å². The van der Waals surface area contributed by atoms with Crippen molar-refractivity contribution in [2.24, 2.45) is 0 Å². The molecule has 5 heteroatoms. The maximum absolute atomic E-state index is 11.3. The molecule has 3 rings (SSSR count). The number of fused-ring (bicyclic) bond motifs is 1. The predicted octanol–water partition coefficient (Wildman–Crippen LogP) is 3.23. The smallest absolute Gasteiger partial charge is 0.407 e.